The van der Waals surface area contributed by atoms with Crippen molar-refractivity contribution in [3.8, 4) is 33.4 Å². The molecule has 2 aliphatic carbocycles. The van der Waals surface area contributed by atoms with E-state index in [0.29, 0.717) is 0 Å². The predicted molar refractivity (Wildman–Crippen MR) is 276 cm³/mol. The van der Waals surface area contributed by atoms with E-state index < -0.39 is 5.41 Å². The summed E-state index contributed by atoms with van der Waals surface area (Å²) in [5, 5.41) is 0. The molecule has 0 aromatic heterocycles. The third kappa shape index (κ3) is 6.25. The van der Waals surface area contributed by atoms with Gasteiger partial charge in [-0.15, -0.1) is 0 Å². The van der Waals surface area contributed by atoms with Gasteiger partial charge in [0.05, 0.1) is 5.41 Å². The van der Waals surface area contributed by atoms with Gasteiger partial charge in [-0.25, -0.2) is 0 Å². The minimum absolute atomic E-state index is 0.324. The summed E-state index contributed by atoms with van der Waals surface area (Å²) in [6, 6.07) is 93.8. The Morgan fingerprint density at radius 3 is 1.00 bits per heavy atom. The monoisotopic (exact) mass is 844 g/mol. The number of anilines is 6. The number of benzene rings is 10. The number of hydrogen-bond donors (Lipinski definition) is 0. The summed E-state index contributed by atoms with van der Waals surface area (Å²) < 4.78 is 0. The zero-order valence-electron chi connectivity index (χ0n) is 37.1. The van der Waals surface area contributed by atoms with Crippen molar-refractivity contribution in [2.75, 3.05) is 9.80 Å². The van der Waals surface area contributed by atoms with Gasteiger partial charge in [-0.05, 0) is 140 Å². The third-order valence-corrected chi connectivity index (χ3v) is 14.1. The summed E-state index contributed by atoms with van der Waals surface area (Å²) in [5.41, 5.74) is 21.0. The lowest BCUT2D eigenvalue weighted by Gasteiger charge is -2.47. The van der Waals surface area contributed by atoms with Crippen LogP contribution in [-0.2, 0) is 10.8 Å². The molecule has 0 aliphatic heterocycles. The predicted octanol–water partition coefficient (Wildman–Crippen LogP) is 17.0. The van der Waals surface area contributed by atoms with Crippen LogP contribution in [0, 0.1) is 0 Å². The zero-order valence-corrected chi connectivity index (χ0v) is 37.1. The van der Waals surface area contributed by atoms with Crippen LogP contribution in [0.1, 0.15) is 47.2 Å². The first-order chi connectivity index (χ1) is 32.5. The van der Waals surface area contributed by atoms with Crippen LogP contribution in [0.5, 0.6) is 0 Å². The fraction of sp³-hybridized carbons (Fsp3) is 0.0625. The molecule has 0 heterocycles. The second kappa shape index (κ2) is 15.8. The fourth-order valence-corrected chi connectivity index (χ4v) is 11.1. The van der Waals surface area contributed by atoms with Crippen molar-refractivity contribution in [2.45, 2.75) is 24.7 Å². The number of rotatable bonds is 8. The molecule has 0 bridgehead atoms. The fourth-order valence-electron chi connectivity index (χ4n) is 11.1. The van der Waals surface area contributed by atoms with Crippen molar-refractivity contribution in [1.82, 2.24) is 0 Å². The van der Waals surface area contributed by atoms with Gasteiger partial charge in [0.2, 0.25) is 0 Å². The van der Waals surface area contributed by atoms with E-state index in [1.165, 1.54) is 66.8 Å². The average molecular weight is 845 g/mol. The second-order valence-corrected chi connectivity index (χ2v) is 18.1. The van der Waals surface area contributed by atoms with E-state index in [9.17, 15) is 0 Å². The molecule has 12 rings (SSSR count). The largest absolute Gasteiger partial charge is 0.310 e. The molecule has 0 amide bonds. The van der Waals surface area contributed by atoms with E-state index in [2.05, 4.69) is 278 Å². The van der Waals surface area contributed by atoms with Crippen LogP contribution in [0.2, 0.25) is 0 Å². The van der Waals surface area contributed by atoms with Crippen molar-refractivity contribution in [1.29, 1.82) is 0 Å². The molecule has 314 valence electrons. The Morgan fingerprint density at radius 2 is 0.576 bits per heavy atom. The lowest BCUT2D eigenvalue weighted by Crippen LogP contribution is -2.41. The van der Waals surface area contributed by atoms with E-state index in [1.807, 2.05) is 0 Å². The molecule has 0 radical (unpaired) electrons. The summed E-state index contributed by atoms with van der Waals surface area (Å²) in [6.45, 7) is 4.83. The molecule has 2 heteroatoms. The lowest BCUT2D eigenvalue weighted by atomic mass is 9.55. The first kappa shape index (κ1) is 39.4. The molecule has 66 heavy (non-hydrogen) atoms. The SMILES string of the molecule is CC1(C)c2ccc(N(c3ccccc3)c3cccc(-c4ccccc4)c3)cc2C2(c3ccccc3-c3ccccc32)c2cc(N(c3ccccc3)c3cccc(-c4ccccc4)c3)ccc21. The highest BCUT2D eigenvalue weighted by atomic mass is 15.1. The molecule has 0 N–H and O–H groups in total. The van der Waals surface area contributed by atoms with Gasteiger partial charge in [-0.3, -0.25) is 0 Å². The number of hydrogen-bond acceptors (Lipinski definition) is 2. The van der Waals surface area contributed by atoms with Gasteiger partial charge in [0.15, 0.2) is 0 Å². The van der Waals surface area contributed by atoms with Crippen LogP contribution in [-0.4, -0.2) is 0 Å². The smallest absolute Gasteiger partial charge is 0.0721 e. The van der Waals surface area contributed by atoms with Gasteiger partial charge in [0.25, 0.3) is 0 Å². The van der Waals surface area contributed by atoms with E-state index in [0.717, 1.165) is 34.1 Å². The van der Waals surface area contributed by atoms with Crippen LogP contribution in [0.4, 0.5) is 34.1 Å². The van der Waals surface area contributed by atoms with Gasteiger partial charge < -0.3 is 9.80 Å². The molecule has 0 unspecified atom stereocenters. The van der Waals surface area contributed by atoms with E-state index in [1.54, 1.807) is 0 Å². The second-order valence-electron chi connectivity index (χ2n) is 18.1. The minimum atomic E-state index is -0.623. The molecule has 0 saturated carbocycles. The van der Waals surface area contributed by atoms with Gasteiger partial charge in [-0.2, -0.15) is 0 Å². The quantitative estimate of drug-likeness (QED) is 0.150. The van der Waals surface area contributed by atoms with Crippen LogP contribution in [0.15, 0.2) is 255 Å². The van der Waals surface area contributed by atoms with Gasteiger partial charge in [0.1, 0.15) is 0 Å². The summed E-state index contributed by atoms with van der Waals surface area (Å²) >= 11 is 0. The van der Waals surface area contributed by atoms with Crippen LogP contribution < -0.4 is 9.80 Å². The number of fused-ring (bicyclic) bond motifs is 9. The number of nitrogens with zero attached hydrogens (tertiary/aromatic N) is 2. The van der Waals surface area contributed by atoms with Crippen molar-refractivity contribution in [3.63, 3.8) is 0 Å². The molecule has 2 nitrogen and oxygen atoms in total. The molecule has 0 fully saturated rings. The zero-order chi connectivity index (χ0) is 44.2. The molecule has 10 aromatic rings. The topological polar surface area (TPSA) is 6.48 Å². The normalized spacial score (nSPS) is 13.5. The Kier molecular flexibility index (Phi) is 9.43. The first-order valence-corrected chi connectivity index (χ1v) is 23.0. The van der Waals surface area contributed by atoms with Gasteiger partial charge >= 0.3 is 0 Å². The van der Waals surface area contributed by atoms with E-state index >= 15 is 0 Å². The maximum atomic E-state index is 2.52. The van der Waals surface area contributed by atoms with Gasteiger partial charge in [0, 0.05) is 39.5 Å². The molecule has 0 atom stereocenters. The highest BCUT2D eigenvalue weighted by Crippen LogP contribution is 2.63. The van der Waals surface area contributed by atoms with Gasteiger partial charge in [-0.1, -0.05) is 196 Å². The Morgan fingerprint density at radius 1 is 0.242 bits per heavy atom. The summed E-state index contributed by atoms with van der Waals surface area (Å²) in [6.07, 6.45) is 0. The van der Waals surface area contributed by atoms with E-state index in [-0.39, 0.29) is 5.41 Å². The molecular weight excluding hydrogens is 797 g/mol. The third-order valence-electron chi connectivity index (χ3n) is 14.1. The van der Waals surface area contributed by atoms with Crippen LogP contribution in [0.3, 0.4) is 0 Å². The van der Waals surface area contributed by atoms with Crippen molar-refractivity contribution in [3.05, 3.63) is 288 Å². The highest BCUT2D eigenvalue weighted by Gasteiger charge is 2.53. The maximum Gasteiger partial charge on any atom is 0.0721 e. The summed E-state index contributed by atoms with van der Waals surface area (Å²) in [5.74, 6) is 0. The molecule has 10 aromatic carbocycles. The van der Waals surface area contributed by atoms with Crippen molar-refractivity contribution < 1.29 is 0 Å². The lowest BCUT2D eigenvalue weighted by molar-refractivity contribution is 0.563. The standard InChI is InChI=1S/C64H48N2/c1-63(2)59-39-37-53(65(49-27-11-5-12-28-49)51-31-19-25-47(41-51)45-21-7-3-8-22-45)43-61(59)64(57-35-17-15-33-55(57)56-34-16-18-36-58(56)64)62-44-54(38-40-60(62)63)66(50-29-13-6-14-30-50)52-32-20-26-48(42-52)46-23-9-4-10-24-46/h3-44H,1-2H3. The number of para-hydroxylation sites is 2. The van der Waals surface area contributed by atoms with Crippen molar-refractivity contribution >= 4 is 34.1 Å². The molecular formula is C64H48N2. The molecule has 0 saturated heterocycles. The van der Waals surface area contributed by atoms with Crippen LogP contribution in [0.25, 0.3) is 33.4 Å². The Labute approximate surface area is 388 Å². The Hall–Kier alpha value is -8.20. The summed E-state index contributed by atoms with van der Waals surface area (Å²) in [7, 11) is 0. The maximum absolute atomic E-state index is 2.52. The Bertz CT molecular complexity index is 3160. The average Bonchev–Trinajstić information content (AvgIpc) is 3.68. The van der Waals surface area contributed by atoms with Crippen LogP contribution >= 0.6 is 0 Å². The summed E-state index contributed by atoms with van der Waals surface area (Å²) in [4.78, 5) is 4.87. The first-order valence-electron chi connectivity index (χ1n) is 23.0. The van der Waals surface area contributed by atoms with Crippen molar-refractivity contribution in [2.24, 2.45) is 0 Å². The Balaban J connectivity index is 1.13. The molecule has 1 spiro atoms. The highest BCUT2D eigenvalue weighted by molar-refractivity contribution is 5.91. The minimum Gasteiger partial charge on any atom is -0.310 e. The molecule has 2 aliphatic rings. The van der Waals surface area contributed by atoms with E-state index in [4.69, 9.17) is 0 Å².